The van der Waals surface area contributed by atoms with Gasteiger partial charge >= 0.3 is 0 Å². The highest BCUT2D eigenvalue weighted by atomic mass is 32.2. The lowest BCUT2D eigenvalue weighted by atomic mass is 9.97. The van der Waals surface area contributed by atoms with Crippen molar-refractivity contribution in [3.05, 3.63) is 53.6 Å². The van der Waals surface area contributed by atoms with Crippen molar-refractivity contribution < 1.29 is 22.8 Å². The Hall–Kier alpha value is -3.08. The maximum atomic E-state index is 13.1. The van der Waals surface area contributed by atoms with E-state index in [-0.39, 0.29) is 36.1 Å². The van der Waals surface area contributed by atoms with Crippen LogP contribution < -0.4 is 10.6 Å². The summed E-state index contributed by atoms with van der Waals surface area (Å²) in [6.45, 7) is 2.30. The normalized spacial score (nSPS) is 21.8. The molecule has 10 heteroatoms. The highest BCUT2D eigenvalue weighted by molar-refractivity contribution is 7.89. The molecule has 3 aliphatic rings. The average Bonchev–Trinajstić information content (AvgIpc) is 3.16. The van der Waals surface area contributed by atoms with Crippen LogP contribution in [-0.2, 0) is 26.2 Å². The second kappa shape index (κ2) is 8.36. The summed E-state index contributed by atoms with van der Waals surface area (Å²) in [6, 6.07) is 11.4. The van der Waals surface area contributed by atoms with Gasteiger partial charge in [0.15, 0.2) is 0 Å². The number of carbonyl (C=O) groups excluding carboxylic acids is 3. The molecule has 33 heavy (non-hydrogen) atoms. The number of hydrogen-bond acceptors (Lipinski definition) is 6. The van der Waals surface area contributed by atoms with E-state index in [0.29, 0.717) is 37.3 Å². The number of rotatable bonds is 4. The van der Waals surface area contributed by atoms with E-state index in [0.717, 1.165) is 11.1 Å². The van der Waals surface area contributed by atoms with Gasteiger partial charge < -0.3 is 10.2 Å². The highest BCUT2D eigenvalue weighted by Gasteiger charge is 2.40. The summed E-state index contributed by atoms with van der Waals surface area (Å²) in [5.74, 6) is -1.05. The fourth-order valence-corrected chi connectivity index (χ4v) is 6.20. The van der Waals surface area contributed by atoms with Crippen LogP contribution in [0.1, 0.15) is 28.8 Å². The van der Waals surface area contributed by atoms with Gasteiger partial charge in [-0.2, -0.15) is 4.31 Å². The molecule has 9 nitrogen and oxygen atoms in total. The van der Waals surface area contributed by atoms with E-state index in [1.54, 1.807) is 30.3 Å². The minimum Gasteiger partial charge on any atom is -0.322 e. The summed E-state index contributed by atoms with van der Waals surface area (Å²) in [6.07, 6.45) is 0.480. The number of fused-ring (bicyclic) bond motifs is 1. The van der Waals surface area contributed by atoms with Gasteiger partial charge in [0.2, 0.25) is 21.8 Å². The maximum absolute atomic E-state index is 13.1. The first-order valence-electron chi connectivity index (χ1n) is 10.9. The minimum absolute atomic E-state index is 0.190. The molecule has 0 radical (unpaired) electrons. The molecule has 2 fully saturated rings. The number of nitrogens with one attached hydrogen (secondary N) is 2. The van der Waals surface area contributed by atoms with Crippen molar-refractivity contribution >= 4 is 27.7 Å². The summed E-state index contributed by atoms with van der Waals surface area (Å²) in [5.41, 5.74) is 2.70. The predicted molar refractivity (Wildman–Crippen MR) is 120 cm³/mol. The summed E-state index contributed by atoms with van der Waals surface area (Å²) in [7, 11) is -3.63. The number of carbonyl (C=O) groups is 3. The molecule has 3 amide bonds. The first-order valence-corrected chi connectivity index (χ1v) is 12.4. The SMILES string of the molecule is O=C1CCC(N2Cc3c(cccc3-c3cccc(S(=O)(=O)N4CCNCC4)c3)C2=O)C(=O)N1. The fourth-order valence-electron chi connectivity index (χ4n) is 4.71. The Balaban J connectivity index is 1.48. The lowest BCUT2D eigenvalue weighted by molar-refractivity contribution is -0.136. The third-order valence-corrected chi connectivity index (χ3v) is 8.34. The Morgan fingerprint density at radius 1 is 0.939 bits per heavy atom. The number of sulfonamides is 1. The van der Waals surface area contributed by atoms with E-state index >= 15 is 0 Å². The third-order valence-electron chi connectivity index (χ3n) is 6.44. The zero-order chi connectivity index (χ0) is 23.2. The van der Waals surface area contributed by atoms with Crippen molar-refractivity contribution in [1.82, 2.24) is 19.8 Å². The number of amides is 3. The Labute approximate surface area is 191 Å². The molecular formula is C23H24N4O5S. The van der Waals surface area contributed by atoms with E-state index in [9.17, 15) is 22.8 Å². The van der Waals surface area contributed by atoms with Gasteiger partial charge in [0.1, 0.15) is 6.04 Å². The second-order valence-corrected chi connectivity index (χ2v) is 10.4. The number of benzene rings is 2. The van der Waals surface area contributed by atoms with Crippen molar-refractivity contribution in [3.63, 3.8) is 0 Å². The largest absolute Gasteiger partial charge is 0.322 e. The van der Waals surface area contributed by atoms with Crippen LogP contribution in [0.2, 0.25) is 0 Å². The van der Waals surface area contributed by atoms with Crippen molar-refractivity contribution in [2.75, 3.05) is 26.2 Å². The number of piperazine rings is 1. The van der Waals surface area contributed by atoms with E-state index in [1.165, 1.54) is 9.21 Å². The van der Waals surface area contributed by atoms with Gasteiger partial charge in [0.05, 0.1) is 4.90 Å². The Kier molecular flexibility index (Phi) is 5.51. The van der Waals surface area contributed by atoms with Gasteiger partial charge in [-0.05, 0) is 41.3 Å². The Morgan fingerprint density at radius 3 is 2.42 bits per heavy atom. The Bertz CT molecular complexity index is 1250. The van der Waals surface area contributed by atoms with Crippen LogP contribution in [0, 0.1) is 0 Å². The summed E-state index contributed by atoms with van der Waals surface area (Å²) < 4.78 is 27.8. The lowest BCUT2D eigenvalue weighted by Gasteiger charge is -2.29. The summed E-state index contributed by atoms with van der Waals surface area (Å²) in [5, 5.41) is 5.46. The van der Waals surface area contributed by atoms with Crippen LogP contribution in [0.4, 0.5) is 0 Å². The molecule has 0 aliphatic carbocycles. The maximum Gasteiger partial charge on any atom is 0.255 e. The molecule has 0 aromatic heterocycles. The van der Waals surface area contributed by atoms with Crippen molar-refractivity contribution in [1.29, 1.82) is 0 Å². The zero-order valence-corrected chi connectivity index (χ0v) is 18.7. The molecule has 3 heterocycles. The van der Waals surface area contributed by atoms with Crippen LogP contribution in [-0.4, -0.2) is 67.6 Å². The minimum atomic E-state index is -3.63. The average molecular weight is 469 g/mol. The van der Waals surface area contributed by atoms with Gasteiger partial charge in [-0.1, -0.05) is 24.3 Å². The van der Waals surface area contributed by atoms with Crippen molar-refractivity contribution in [2.24, 2.45) is 0 Å². The third kappa shape index (κ3) is 3.84. The van der Waals surface area contributed by atoms with Gasteiger partial charge in [0.25, 0.3) is 5.91 Å². The van der Waals surface area contributed by atoms with Crippen LogP contribution in [0.15, 0.2) is 47.4 Å². The smallest absolute Gasteiger partial charge is 0.255 e. The van der Waals surface area contributed by atoms with E-state index in [2.05, 4.69) is 10.6 Å². The number of imide groups is 1. The predicted octanol–water partition coefficient (Wildman–Crippen LogP) is 0.709. The number of nitrogens with zero attached hydrogens (tertiary/aromatic N) is 2. The lowest BCUT2D eigenvalue weighted by Crippen LogP contribution is -2.52. The highest BCUT2D eigenvalue weighted by Crippen LogP contribution is 2.35. The monoisotopic (exact) mass is 468 g/mol. The second-order valence-electron chi connectivity index (χ2n) is 8.41. The first-order chi connectivity index (χ1) is 15.9. The molecular weight excluding hydrogens is 444 g/mol. The van der Waals surface area contributed by atoms with Gasteiger partial charge in [-0.25, -0.2) is 8.42 Å². The molecule has 0 bridgehead atoms. The molecule has 5 rings (SSSR count). The molecule has 1 atom stereocenters. The molecule has 0 saturated carbocycles. The van der Waals surface area contributed by atoms with Gasteiger partial charge in [0, 0.05) is 44.7 Å². The van der Waals surface area contributed by atoms with Crippen LogP contribution in [0.3, 0.4) is 0 Å². The molecule has 172 valence electrons. The van der Waals surface area contributed by atoms with Gasteiger partial charge in [-0.15, -0.1) is 0 Å². The van der Waals surface area contributed by atoms with Crippen molar-refractivity contribution in [3.8, 4) is 11.1 Å². The Morgan fingerprint density at radius 2 is 1.67 bits per heavy atom. The number of hydrogen-bond donors (Lipinski definition) is 2. The zero-order valence-electron chi connectivity index (χ0n) is 17.9. The molecule has 2 aromatic carbocycles. The van der Waals surface area contributed by atoms with Crippen molar-refractivity contribution in [2.45, 2.75) is 30.3 Å². The molecule has 2 saturated heterocycles. The molecule has 1 unspecified atom stereocenters. The van der Waals surface area contributed by atoms with Crippen LogP contribution >= 0.6 is 0 Å². The first kappa shape index (κ1) is 21.7. The summed E-state index contributed by atoms with van der Waals surface area (Å²) >= 11 is 0. The van der Waals surface area contributed by atoms with E-state index in [1.807, 2.05) is 12.1 Å². The molecule has 2 N–H and O–H groups in total. The number of piperidine rings is 1. The molecule has 3 aliphatic heterocycles. The van der Waals surface area contributed by atoms with Crippen LogP contribution in [0.5, 0.6) is 0 Å². The van der Waals surface area contributed by atoms with E-state index in [4.69, 9.17) is 0 Å². The fraction of sp³-hybridized carbons (Fsp3) is 0.348. The quantitative estimate of drug-likeness (QED) is 0.639. The van der Waals surface area contributed by atoms with Crippen LogP contribution in [0.25, 0.3) is 11.1 Å². The standard InChI is InChI=1S/C23H24N4O5S/c28-21-8-7-20(22(29)25-21)27-14-19-17(5-2-6-18(19)23(27)30)15-3-1-4-16(13-15)33(31,32)26-11-9-24-10-12-26/h1-6,13,20,24H,7-12,14H2,(H,25,28,29). The summed E-state index contributed by atoms with van der Waals surface area (Å²) in [4.78, 5) is 38.7. The topological polar surface area (TPSA) is 116 Å². The van der Waals surface area contributed by atoms with E-state index < -0.39 is 22.0 Å². The molecule has 0 spiro atoms. The molecule has 2 aromatic rings. The van der Waals surface area contributed by atoms with Gasteiger partial charge in [-0.3, -0.25) is 19.7 Å².